The van der Waals surface area contributed by atoms with Crippen LogP contribution in [-0.4, -0.2) is 53.9 Å². The molecule has 5 heteroatoms. The Balaban J connectivity index is 1.24. The average Bonchev–Trinajstić information content (AvgIpc) is 3.23. The lowest BCUT2D eigenvalue weighted by atomic mass is 10.1. The van der Waals surface area contributed by atoms with Crippen molar-refractivity contribution in [2.75, 3.05) is 44.2 Å². The summed E-state index contributed by atoms with van der Waals surface area (Å²) in [6, 6.07) is 19.4. The van der Waals surface area contributed by atoms with Crippen molar-refractivity contribution in [2.24, 2.45) is 0 Å². The van der Waals surface area contributed by atoms with E-state index in [0.29, 0.717) is 0 Å². The molecule has 0 amide bonds. The van der Waals surface area contributed by atoms with Gasteiger partial charge < -0.3 is 10.2 Å². The van der Waals surface area contributed by atoms with Gasteiger partial charge in [-0.3, -0.25) is 4.90 Å². The number of aromatic nitrogens is 2. The number of piperazine rings is 1. The average molecular weight is 432 g/mol. The largest absolute Gasteiger partial charge is 0.369 e. The number of nitrogens with zero attached hydrogens (tertiary/aromatic N) is 4. The van der Waals surface area contributed by atoms with Gasteiger partial charge in [-0.1, -0.05) is 43.7 Å². The van der Waals surface area contributed by atoms with Gasteiger partial charge in [-0.25, -0.2) is 4.68 Å². The van der Waals surface area contributed by atoms with Gasteiger partial charge in [0.2, 0.25) is 0 Å². The number of anilines is 1. The molecule has 0 saturated carbocycles. The Morgan fingerprint density at radius 3 is 2.47 bits per heavy atom. The van der Waals surface area contributed by atoms with Gasteiger partial charge >= 0.3 is 0 Å². The summed E-state index contributed by atoms with van der Waals surface area (Å²) in [7, 11) is 0. The summed E-state index contributed by atoms with van der Waals surface area (Å²) < 4.78 is 2.10. The van der Waals surface area contributed by atoms with Crippen molar-refractivity contribution in [3.63, 3.8) is 0 Å². The lowest BCUT2D eigenvalue weighted by molar-refractivity contribution is 0.257. The molecule has 4 rings (SSSR count). The molecular weight excluding hydrogens is 394 g/mol. The topological polar surface area (TPSA) is 36.3 Å². The van der Waals surface area contributed by atoms with Crippen molar-refractivity contribution in [2.45, 2.75) is 40.2 Å². The second kappa shape index (κ2) is 10.8. The van der Waals surface area contributed by atoms with Crippen molar-refractivity contribution >= 4 is 5.69 Å². The Hall–Kier alpha value is -2.63. The zero-order valence-electron chi connectivity index (χ0n) is 19.8. The summed E-state index contributed by atoms with van der Waals surface area (Å²) in [5, 5.41) is 8.49. The highest BCUT2D eigenvalue weighted by Crippen LogP contribution is 2.23. The fourth-order valence-electron chi connectivity index (χ4n) is 4.53. The molecule has 0 bridgehead atoms. The Morgan fingerprint density at radius 2 is 1.72 bits per heavy atom. The van der Waals surface area contributed by atoms with E-state index in [0.717, 1.165) is 70.0 Å². The quantitative estimate of drug-likeness (QED) is 0.511. The lowest BCUT2D eigenvalue weighted by Gasteiger charge is -2.37. The first-order chi connectivity index (χ1) is 15.7. The van der Waals surface area contributed by atoms with Gasteiger partial charge in [0.15, 0.2) is 0 Å². The van der Waals surface area contributed by atoms with Crippen LogP contribution in [0.1, 0.15) is 35.9 Å². The molecule has 32 heavy (non-hydrogen) atoms. The number of benzene rings is 2. The highest BCUT2D eigenvalue weighted by Gasteiger charge is 2.18. The second-order valence-electron chi connectivity index (χ2n) is 8.85. The van der Waals surface area contributed by atoms with E-state index in [9.17, 15) is 0 Å². The zero-order valence-corrected chi connectivity index (χ0v) is 19.8. The maximum absolute atomic E-state index is 4.88. The third-order valence-corrected chi connectivity index (χ3v) is 6.54. The molecule has 3 aromatic rings. The van der Waals surface area contributed by atoms with E-state index in [1.807, 2.05) is 0 Å². The molecule has 0 atom stereocenters. The van der Waals surface area contributed by atoms with E-state index in [-0.39, 0.29) is 0 Å². The number of rotatable bonds is 9. The Labute approximate surface area is 193 Å². The van der Waals surface area contributed by atoms with Crippen LogP contribution in [0.4, 0.5) is 5.69 Å². The first-order valence-corrected chi connectivity index (χ1v) is 12.0. The predicted molar refractivity (Wildman–Crippen MR) is 134 cm³/mol. The van der Waals surface area contributed by atoms with Crippen molar-refractivity contribution in [1.82, 2.24) is 20.0 Å². The number of para-hydroxylation sites is 1. The van der Waals surface area contributed by atoms with Crippen LogP contribution < -0.4 is 10.2 Å². The van der Waals surface area contributed by atoms with E-state index >= 15 is 0 Å². The molecule has 0 unspecified atom stereocenters. The van der Waals surface area contributed by atoms with Crippen LogP contribution in [0, 0.1) is 13.8 Å². The van der Waals surface area contributed by atoms with Gasteiger partial charge in [0.1, 0.15) is 0 Å². The highest BCUT2D eigenvalue weighted by atomic mass is 15.3. The molecule has 170 valence electrons. The molecule has 2 heterocycles. The van der Waals surface area contributed by atoms with Crippen molar-refractivity contribution in [3.8, 4) is 5.69 Å². The minimum atomic E-state index is 0.818. The third kappa shape index (κ3) is 5.40. The summed E-state index contributed by atoms with van der Waals surface area (Å²) in [6.45, 7) is 14.0. The summed E-state index contributed by atoms with van der Waals surface area (Å²) in [5.74, 6) is 0. The number of hydrogen-bond donors (Lipinski definition) is 1. The molecule has 1 aliphatic rings. The molecule has 2 aromatic carbocycles. The van der Waals surface area contributed by atoms with Crippen LogP contribution >= 0.6 is 0 Å². The first-order valence-electron chi connectivity index (χ1n) is 12.0. The molecule has 1 saturated heterocycles. The monoisotopic (exact) mass is 431 g/mol. The molecule has 5 nitrogen and oxygen atoms in total. The molecule has 0 spiro atoms. The molecular formula is C27H37N5. The summed E-state index contributed by atoms with van der Waals surface area (Å²) in [4.78, 5) is 5.11. The van der Waals surface area contributed by atoms with Gasteiger partial charge in [0, 0.05) is 57.2 Å². The first kappa shape index (κ1) is 22.6. The zero-order chi connectivity index (χ0) is 22.3. The maximum Gasteiger partial charge on any atom is 0.0769 e. The predicted octanol–water partition coefficient (Wildman–Crippen LogP) is 4.35. The summed E-state index contributed by atoms with van der Waals surface area (Å²) in [6.07, 6.45) is 2.17. The van der Waals surface area contributed by atoms with Crippen LogP contribution in [0.5, 0.6) is 0 Å². The normalized spacial score (nSPS) is 14.8. The molecule has 1 aliphatic heterocycles. The Kier molecular flexibility index (Phi) is 7.61. The van der Waals surface area contributed by atoms with E-state index in [2.05, 4.69) is 95.2 Å². The lowest BCUT2D eigenvalue weighted by Crippen LogP contribution is -2.48. The molecule has 0 radical (unpaired) electrons. The fourth-order valence-corrected chi connectivity index (χ4v) is 4.53. The van der Waals surface area contributed by atoms with Crippen LogP contribution in [0.2, 0.25) is 0 Å². The highest BCUT2D eigenvalue weighted by molar-refractivity contribution is 5.56. The SMILES string of the molecule is CCCc1cc(CNCCN2CCN(c3cccc(C)c3C)CC2)nn1-c1ccccc1. The summed E-state index contributed by atoms with van der Waals surface area (Å²) in [5.41, 5.74) is 7.75. The van der Waals surface area contributed by atoms with Crippen LogP contribution in [0.3, 0.4) is 0 Å². The van der Waals surface area contributed by atoms with Crippen molar-refractivity contribution in [3.05, 3.63) is 77.1 Å². The number of hydrogen-bond acceptors (Lipinski definition) is 4. The Morgan fingerprint density at radius 1 is 0.938 bits per heavy atom. The minimum Gasteiger partial charge on any atom is -0.369 e. The number of aryl methyl sites for hydroxylation is 2. The van der Waals surface area contributed by atoms with Gasteiger partial charge in [-0.2, -0.15) is 5.10 Å². The van der Waals surface area contributed by atoms with Crippen LogP contribution in [-0.2, 0) is 13.0 Å². The van der Waals surface area contributed by atoms with Crippen LogP contribution in [0.15, 0.2) is 54.6 Å². The van der Waals surface area contributed by atoms with Gasteiger partial charge in [-0.05, 0) is 55.7 Å². The molecule has 1 fully saturated rings. The van der Waals surface area contributed by atoms with E-state index in [4.69, 9.17) is 5.10 Å². The fraction of sp³-hybridized carbons (Fsp3) is 0.444. The van der Waals surface area contributed by atoms with E-state index in [1.165, 1.54) is 22.5 Å². The number of nitrogens with one attached hydrogen (secondary N) is 1. The molecule has 0 aliphatic carbocycles. The van der Waals surface area contributed by atoms with Gasteiger partial charge in [-0.15, -0.1) is 0 Å². The minimum absolute atomic E-state index is 0.818. The van der Waals surface area contributed by atoms with Crippen molar-refractivity contribution in [1.29, 1.82) is 0 Å². The van der Waals surface area contributed by atoms with E-state index in [1.54, 1.807) is 0 Å². The molecule has 1 N–H and O–H groups in total. The second-order valence-corrected chi connectivity index (χ2v) is 8.85. The summed E-state index contributed by atoms with van der Waals surface area (Å²) >= 11 is 0. The smallest absolute Gasteiger partial charge is 0.0769 e. The van der Waals surface area contributed by atoms with Gasteiger partial charge in [0.05, 0.1) is 11.4 Å². The third-order valence-electron chi connectivity index (χ3n) is 6.54. The van der Waals surface area contributed by atoms with Gasteiger partial charge in [0.25, 0.3) is 0 Å². The van der Waals surface area contributed by atoms with E-state index < -0.39 is 0 Å². The maximum atomic E-state index is 4.88. The van der Waals surface area contributed by atoms with Crippen molar-refractivity contribution < 1.29 is 0 Å². The molecule has 1 aromatic heterocycles. The van der Waals surface area contributed by atoms with Crippen LogP contribution in [0.25, 0.3) is 5.69 Å². The standard InChI is InChI=1S/C27H37N5/c1-4-9-26-20-24(29-32(26)25-11-6-5-7-12-25)21-28-14-15-30-16-18-31(19-17-30)27-13-8-10-22(2)23(27)3/h5-8,10-13,20,28H,4,9,14-19,21H2,1-3H3. The Bertz CT molecular complexity index is 987.